The van der Waals surface area contributed by atoms with Gasteiger partial charge in [0.2, 0.25) is 0 Å². The van der Waals surface area contributed by atoms with Crippen LogP contribution in [0.3, 0.4) is 0 Å². The van der Waals surface area contributed by atoms with Crippen LogP contribution in [0, 0.1) is 0 Å². The second-order valence-electron chi connectivity index (χ2n) is 6.35. The zero-order chi connectivity index (χ0) is 19.2. The fourth-order valence-electron chi connectivity index (χ4n) is 2.92. The van der Waals surface area contributed by atoms with Crippen molar-refractivity contribution in [2.24, 2.45) is 0 Å². The van der Waals surface area contributed by atoms with Gasteiger partial charge in [-0.05, 0) is 35.9 Å². The molecule has 0 atom stereocenters. The lowest BCUT2D eigenvalue weighted by Gasteiger charge is -2.09. The molecule has 0 bridgehead atoms. The molecule has 0 spiro atoms. The highest BCUT2D eigenvalue weighted by atomic mass is 16.5. The summed E-state index contributed by atoms with van der Waals surface area (Å²) in [7, 11) is 0. The van der Waals surface area contributed by atoms with E-state index in [1.807, 2.05) is 71.3 Å². The van der Waals surface area contributed by atoms with Crippen molar-refractivity contribution in [3.8, 4) is 5.75 Å². The Hall–Kier alpha value is -3.67. The summed E-state index contributed by atoms with van der Waals surface area (Å²) in [4.78, 5) is 12.5. The van der Waals surface area contributed by atoms with E-state index in [0.717, 1.165) is 17.0 Å². The predicted molar refractivity (Wildman–Crippen MR) is 106 cm³/mol. The van der Waals surface area contributed by atoms with E-state index in [4.69, 9.17) is 4.74 Å². The maximum Gasteiger partial charge on any atom is 0.251 e. The first-order valence-corrected chi connectivity index (χ1v) is 9.13. The van der Waals surface area contributed by atoms with Crippen molar-refractivity contribution >= 4 is 11.6 Å². The summed E-state index contributed by atoms with van der Waals surface area (Å²) in [5.41, 5.74) is 2.45. The molecule has 1 amide bonds. The minimum atomic E-state index is -0.140. The van der Waals surface area contributed by atoms with Gasteiger partial charge in [-0.15, -0.1) is 10.2 Å². The Morgan fingerprint density at radius 2 is 1.82 bits per heavy atom. The van der Waals surface area contributed by atoms with Gasteiger partial charge in [-0.3, -0.25) is 9.20 Å². The Bertz CT molecular complexity index is 1080. The Balaban J connectivity index is 1.33. The first-order chi connectivity index (χ1) is 13.8. The van der Waals surface area contributed by atoms with Gasteiger partial charge < -0.3 is 10.1 Å². The molecule has 0 saturated carbocycles. The lowest BCUT2D eigenvalue weighted by Crippen LogP contribution is -2.26. The number of hydrogen-bond acceptors (Lipinski definition) is 4. The van der Waals surface area contributed by atoms with Crippen LogP contribution in [0.1, 0.15) is 21.7 Å². The van der Waals surface area contributed by atoms with Gasteiger partial charge in [0, 0.05) is 24.7 Å². The van der Waals surface area contributed by atoms with Crippen LogP contribution >= 0.6 is 0 Å². The average molecular weight is 372 g/mol. The van der Waals surface area contributed by atoms with Gasteiger partial charge in [0.05, 0.1) is 0 Å². The number of nitrogens with one attached hydrogen (secondary N) is 1. The first kappa shape index (κ1) is 17.7. The van der Waals surface area contributed by atoms with E-state index in [2.05, 4.69) is 15.5 Å². The van der Waals surface area contributed by atoms with Crippen molar-refractivity contribution in [3.63, 3.8) is 0 Å². The molecule has 28 heavy (non-hydrogen) atoms. The normalized spacial score (nSPS) is 10.7. The molecule has 6 heteroatoms. The molecule has 0 aliphatic carbocycles. The zero-order valence-corrected chi connectivity index (χ0v) is 15.3. The van der Waals surface area contributed by atoms with Crippen LogP contribution in [0.2, 0.25) is 0 Å². The van der Waals surface area contributed by atoms with E-state index in [1.165, 1.54) is 0 Å². The molecule has 2 heterocycles. The summed E-state index contributed by atoms with van der Waals surface area (Å²) >= 11 is 0. The van der Waals surface area contributed by atoms with Crippen molar-refractivity contribution in [2.45, 2.75) is 13.0 Å². The van der Waals surface area contributed by atoms with E-state index >= 15 is 0 Å². The number of ether oxygens (including phenoxy) is 1. The number of amides is 1. The maximum atomic E-state index is 12.5. The van der Waals surface area contributed by atoms with Gasteiger partial charge in [0.1, 0.15) is 18.2 Å². The lowest BCUT2D eigenvalue weighted by molar-refractivity contribution is 0.0953. The van der Waals surface area contributed by atoms with Crippen LogP contribution in [-0.4, -0.2) is 27.0 Å². The van der Waals surface area contributed by atoms with Gasteiger partial charge in [-0.1, -0.05) is 42.5 Å². The number of fused-ring (bicyclic) bond motifs is 1. The fraction of sp³-hybridized carbons (Fsp3) is 0.136. The van der Waals surface area contributed by atoms with E-state index in [9.17, 15) is 4.79 Å². The molecule has 2 aromatic carbocycles. The van der Waals surface area contributed by atoms with E-state index in [0.29, 0.717) is 30.9 Å². The Morgan fingerprint density at radius 1 is 0.964 bits per heavy atom. The number of benzene rings is 2. The molecular weight excluding hydrogens is 352 g/mol. The number of carbonyl (C=O) groups is 1. The van der Waals surface area contributed by atoms with Crippen LogP contribution in [0.25, 0.3) is 5.65 Å². The lowest BCUT2D eigenvalue weighted by atomic mass is 10.2. The number of hydrogen-bond donors (Lipinski definition) is 1. The van der Waals surface area contributed by atoms with Crippen molar-refractivity contribution in [1.82, 2.24) is 19.9 Å². The SMILES string of the molecule is O=C(NCCc1nnc2ccccn12)c1cccc(OCc2ccccc2)c1. The second kappa shape index (κ2) is 8.35. The second-order valence-corrected chi connectivity index (χ2v) is 6.35. The molecule has 4 aromatic rings. The number of nitrogens with zero attached hydrogens (tertiary/aromatic N) is 3. The molecule has 0 saturated heterocycles. The first-order valence-electron chi connectivity index (χ1n) is 9.13. The van der Waals surface area contributed by atoms with Gasteiger partial charge in [0.25, 0.3) is 5.91 Å². The molecule has 2 aromatic heterocycles. The number of carbonyl (C=O) groups excluding carboxylic acids is 1. The summed E-state index contributed by atoms with van der Waals surface area (Å²) < 4.78 is 7.71. The average Bonchev–Trinajstić information content (AvgIpc) is 3.16. The minimum Gasteiger partial charge on any atom is -0.489 e. The van der Waals surface area contributed by atoms with Crippen LogP contribution in [0.5, 0.6) is 5.75 Å². The van der Waals surface area contributed by atoms with Crippen molar-refractivity contribution in [1.29, 1.82) is 0 Å². The summed E-state index contributed by atoms with van der Waals surface area (Å²) in [6.07, 6.45) is 2.52. The third-order valence-corrected chi connectivity index (χ3v) is 4.36. The third-order valence-electron chi connectivity index (χ3n) is 4.36. The van der Waals surface area contributed by atoms with Gasteiger partial charge >= 0.3 is 0 Å². The third kappa shape index (κ3) is 4.17. The summed E-state index contributed by atoms with van der Waals surface area (Å²) in [6, 6.07) is 22.9. The van der Waals surface area contributed by atoms with Crippen LogP contribution < -0.4 is 10.1 Å². The Kier molecular flexibility index (Phi) is 5.29. The Morgan fingerprint density at radius 3 is 2.71 bits per heavy atom. The molecule has 0 fully saturated rings. The number of pyridine rings is 1. The van der Waals surface area contributed by atoms with E-state index < -0.39 is 0 Å². The highest BCUT2D eigenvalue weighted by Gasteiger charge is 2.09. The zero-order valence-electron chi connectivity index (χ0n) is 15.3. The highest BCUT2D eigenvalue weighted by molar-refractivity contribution is 5.94. The molecule has 0 aliphatic heterocycles. The molecule has 4 rings (SSSR count). The van der Waals surface area contributed by atoms with Gasteiger partial charge in [0.15, 0.2) is 5.65 Å². The standard InChI is InChI=1S/C22H20N4O2/c27-22(23-13-12-21-25-24-20-11-4-5-14-26(20)21)18-9-6-10-19(15-18)28-16-17-7-2-1-3-8-17/h1-11,14-15H,12-13,16H2,(H,23,27). The molecular formula is C22H20N4O2. The van der Waals surface area contributed by atoms with Crippen LogP contribution in [-0.2, 0) is 13.0 Å². The van der Waals surface area contributed by atoms with Crippen molar-refractivity contribution < 1.29 is 9.53 Å². The van der Waals surface area contributed by atoms with Gasteiger partial charge in [-0.2, -0.15) is 0 Å². The van der Waals surface area contributed by atoms with Crippen molar-refractivity contribution in [3.05, 3.63) is 95.9 Å². The van der Waals surface area contributed by atoms with Gasteiger partial charge in [-0.25, -0.2) is 0 Å². The summed E-state index contributed by atoms with van der Waals surface area (Å²) in [6.45, 7) is 0.940. The summed E-state index contributed by atoms with van der Waals surface area (Å²) in [5, 5.41) is 11.2. The molecule has 140 valence electrons. The molecule has 1 N–H and O–H groups in total. The van der Waals surface area contributed by atoms with Crippen LogP contribution in [0.15, 0.2) is 79.0 Å². The molecule has 6 nitrogen and oxygen atoms in total. The maximum absolute atomic E-state index is 12.5. The highest BCUT2D eigenvalue weighted by Crippen LogP contribution is 2.15. The number of aromatic nitrogens is 3. The van der Waals surface area contributed by atoms with E-state index in [-0.39, 0.29) is 5.91 Å². The quantitative estimate of drug-likeness (QED) is 0.541. The topological polar surface area (TPSA) is 68.5 Å². The van der Waals surface area contributed by atoms with E-state index in [1.54, 1.807) is 12.1 Å². The molecule has 0 unspecified atom stereocenters. The van der Waals surface area contributed by atoms with Crippen molar-refractivity contribution in [2.75, 3.05) is 6.54 Å². The fourth-order valence-corrected chi connectivity index (χ4v) is 2.92. The van der Waals surface area contributed by atoms with Crippen LogP contribution in [0.4, 0.5) is 0 Å². The molecule has 0 radical (unpaired) electrons. The minimum absolute atomic E-state index is 0.140. The number of rotatable bonds is 7. The summed E-state index contributed by atoms with van der Waals surface area (Å²) in [5.74, 6) is 1.34. The monoisotopic (exact) mass is 372 g/mol. The predicted octanol–water partition coefficient (Wildman–Crippen LogP) is 3.28. The Labute approximate surface area is 162 Å². The molecule has 0 aliphatic rings. The largest absolute Gasteiger partial charge is 0.489 e. The smallest absolute Gasteiger partial charge is 0.251 e.